The van der Waals surface area contributed by atoms with Gasteiger partial charge in [0.2, 0.25) is 0 Å². The van der Waals surface area contributed by atoms with E-state index in [4.69, 9.17) is 0 Å². The van der Waals surface area contributed by atoms with Gasteiger partial charge >= 0.3 is 0 Å². The smallest absolute Gasteiger partial charge is 0.0292 e. The van der Waals surface area contributed by atoms with E-state index in [-0.39, 0.29) is 0 Å². The standard InChI is InChI=1S/C17H30N2/c1-6-11-19(7-2)12-10-18-16(5)17-9-8-14(3)15(4)13-17/h8-9,13,16,18H,6-7,10-12H2,1-5H3. The second kappa shape index (κ2) is 8.34. The zero-order valence-corrected chi connectivity index (χ0v) is 13.3. The lowest BCUT2D eigenvalue weighted by Gasteiger charge is -2.22. The summed E-state index contributed by atoms with van der Waals surface area (Å²) in [4.78, 5) is 2.50. The van der Waals surface area contributed by atoms with Gasteiger partial charge in [0.25, 0.3) is 0 Å². The highest BCUT2D eigenvalue weighted by Gasteiger charge is 2.06. The molecule has 0 saturated carbocycles. The minimum Gasteiger partial charge on any atom is -0.309 e. The summed E-state index contributed by atoms with van der Waals surface area (Å²) in [5, 5.41) is 3.63. The van der Waals surface area contributed by atoms with Crippen molar-refractivity contribution in [2.75, 3.05) is 26.2 Å². The number of rotatable bonds is 8. The molecule has 1 N–H and O–H groups in total. The molecule has 0 bridgehead atoms. The summed E-state index contributed by atoms with van der Waals surface area (Å²) in [5.41, 5.74) is 4.14. The Hall–Kier alpha value is -0.860. The van der Waals surface area contributed by atoms with Crippen LogP contribution in [0.15, 0.2) is 18.2 Å². The van der Waals surface area contributed by atoms with Crippen LogP contribution >= 0.6 is 0 Å². The molecule has 0 amide bonds. The van der Waals surface area contributed by atoms with E-state index in [2.05, 4.69) is 63.0 Å². The minimum absolute atomic E-state index is 0.430. The predicted molar refractivity (Wildman–Crippen MR) is 84.7 cm³/mol. The summed E-state index contributed by atoms with van der Waals surface area (Å²) in [6.07, 6.45) is 1.24. The fourth-order valence-electron chi connectivity index (χ4n) is 2.34. The Balaban J connectivity index is 2.42. The molecule has 108 valence electrons. The number of hydrogen-bond acceptors (Lipinski definition) is 2. The molecule has 1 unspecified atom stereocenters. The van der Waals surface area contributed by atoms with Gasteiger partial charge in [-0.15, -0.1) is 0 Å². The average Bonchev–Trinajstić information content (AvgIpc) is 2.40. The first-order chi connectivity index (χ1) is 9.08. The van der Waals surface area contributed by atoms with Crippen LogP contribution in [0.2, 0.25) is 0 Å². The van der Waals surface area contributed by atoms with E-state index in [1.54, 1.807) is 0 Å². The SMILES string of the molecule is CCCN(CC)CCNC(C)c1ccc(C)c(C)c1. The maximum absolute atomic E-state index is 3.63. The number of nitrogens with one attached hydrogen (secondary N) is 1. The van der Waals surface area contributed by atoms with E-state index in [1.165, 1.54) is 29.7 Å². The van der Waals surface area contributed by atoms with E-state index < -0.39 is 0 Å². The molecule has 0 fully saturated rings. The number of benzene rings is 1. The maximum atomic E-state index is 3.63. The largest absolute Gasteiger partial charge is 0.309 e. The van der Waals surface area contributed by atoms with Crippen LogP contribution < -0.4 is 5.32 Å². The molecule has 0 heterocycles. The highest BCUT2D eigenvalue weighted by atomic mass is 15.1. The van der Waals surface area contributed by atoms with Crippen LogP contribution in [0.4, 0.5) is 0 Å². The molecule has 1 atom stereocenters. The molecule has 1 rings (SSSR count). The Morgan fingerprint density at radius 3 is 2.42 bits per heavy atom. The Bertz CT molecular complexity index is 374. The Labute approximate surface area is 119 Å². The summed E-state index contributed by atoms with van der Waals surface area (Å²) in [6.45, 7) is 15.6. The second-order valence-corrected chi connectivity index (χ2v) is 5.45. The lowest BCUT2D eigenvalue weighted by molar-refractivity contribution is 0.284. The maximum Gasteiger partial charge on any atom is 0.0292 e. The quantitative estimate of drug-likeness (QED) is 0.768. The molecule has 0 radical (unpaired) electrons. The van der Waals surface area contributed by atoms with E-state index in [1.807, 2.05) is 0 Å². The summed E-state index contributed by atoms with van der Waals surface area (Å²) < 4.78 is 0. The van der Waals surface area contributed by atoms with Gasteiger partial charge in [-0.25, -0.2) is 0 Å². The van der Waals surface area contributed by atoms with Gasteiger partial charge in [0.05, 0.1) is 0 Å². The van der Waals surface area contributed by atoms with Gasteiger partial charge in [0, 0.05) is 19.1 Å². The van der Waals surface area contributed by atoms with Crippen molar-refractivity contribution in [2.24, 2.45) is 0 Å². The van der Waals surface area contributed by atoms with Gasteiger partial charge in [-0.05, 0) is 57.0 Å². The third-order valence-corrected chi connectivity index (χ3v) is 3.90. The summed E-state index contributed by atoms with van der Waals surface area (Å²) >= 11 is 0. The molecule has 0 aliphatic carbocycles. The molecular weight excluding hydrogens is 232 g/mol. The fourth-order valence-corrected chi connectivity index (χ4v) is 2.34. The van der Waals surface area contributed by atoms with Crippen molar-refractivity contribution in [3.63, 3.8) is 0 Å². The molecule has 0 spiro atoms. The summed E-state index contributed by atoms with van der Waals surface area (Å²) in [6, 6.07) is 7.19. The average molecular weight is 262 g/mol. The van der Waals surface area contributed by atoms with Gasteiger partial charge < -0.3 is 10.2 Å². The van der Waals surface area contributed by atoms with Crippen LogP contribution in [0, 0.1) is 13.8 Å². The van der Waals surface area contributed by atoms with Crippen molar-refractivity contribution in [3.05, 3.63) is 34.9 Å². The Kier molecular flexibility index (Phi) is 7.11. The van der Waals surface area contributed by atoms with Crippen LogP contribution in [0.1, 0.15) is 49.9 Å². The number of aryl methyl sites for hydroxylation is 2. The van der Waals surface area contributed by atoms with Crippen LogP contribution in [0.3, 0.4) is 0 Å². The molecule has 1 aromatic carbocycles. The molecule has 1 aromatic rings. The van der Waals surface area contributed by atoms with Crippen LogP contribution in [0.25, 0.3) is 0 Å². The number of likely N-dealkylation sites (N-methyl/N-ethyl adjacent to an activating group) is 1. The zero-order chi connectivity index (χ0) is 14.3. The highest BCUT2D eigenvalue weighted by molar-refractivity contribution is 5.31. The van der Waals surface area contributed by atoms with Crippen molar-refractivity contribution in [1.29, 1.82) is 0 Å². The first-order valence-corrected chi connectivity index (χ1v) is 7.61. The topological polar surface area (TPSA) is 15.3 Å². The monoisotopic (exact) mass is 262 g/mol. The van der Waals surface area contributed by atoms with Crippen molar-refractivity contribution in [3.8, 4) is 0 Å². The van der Waals surface area contributed by atoms with E-state index in [0.717, 1.165) is 19.6 Å². The first kappa shape index (κ1) is 16.2. The van der Waals surface area contributed by atoms with E-state index in [9.17, 15) is 0 Å². The lowest BCUT2D eigenvalue weighted by atomic mass is 10.0. The van der Waals surface area contributed by atoms with Crippen molar-refractivity contribution in [1.82, 2.24) is 10.2 Å². The molecule has 19 heavy (non-hydrogen) atoms. The number of hydrogen-bond donors (Lipinski definition) is 1. The Morgan fingerprint density at radius 1 is 1.11 bits per heavy atom. The van der Waals surface area contributed by atoms with Crippen LogP contribution in [0.5, 0.6) is 0 Å². The third kappa shape index (κ3) is 5.33. The van der Waals surface area contributed by atoms with E-state index in [0.29, 0.717) is 6.04 Å². The van der Waals surface area contributed by atoms with E-state index >= 15 is 0 Å². The van der Waals surface area contributed by atoms with Crippen molar-refractivity contribution in [2.45, 2.75) is 47.1 Å². The van der Waals surface area contributed by atoms with Gasteiger partial charge in [-0.2, -0.15) is 0 Å². The molecule has 0 aliphatic rings. The highest BCUT2D eigenvalue weighted by Crippen LogP contribution is 2.16. The summed E-state index contributed by atoms with van der Waals surface area (Å²) in [7, 11) is 0. The molecule has 2 heteroatoms. The normalized spacial score (nSPS) is 12.9. The third-order valence-electron chi connectivity index (χ3n) is 3.90. The van der Waals surface area contributed by atoms with Crippen LogP contribution in [-0.4, -0.2) is 31.1 Å². The number of nitrogens with zero attached hydrogens (tertiary/aromatic N) is 1. The minimum atomic E-state index is 0.430. The molecule has 0 saturated heterocycles. The molecule has 0 aromatic heterocycles. The Morgan fingerprint density at radius 2 is 1.84 bits per heavy atom. The lowest BCUT2D eigenvalue weighted by Crippen LogP contribution is -2.33. The molecular formula is C17H30N2. The van der Waals surface area contributed by atoms with Gasteiger partial charge in [-0.1, -0.05) is 32.0 Å². The van der Waals surface area contributed by atoms with Gasteiger partial charge in [0.15, 0.2) is 0 Å². The second-order valence-electron chi connectivity index (χ2n) is 5.45. The van der Waals surface area contributed by atoms with Gasteiger partial charge in [-0.3, -0.25) is 0 Å². The molecule has 2 nitrogen and oxygen atoms in total. The van der Waals surface area contributed by atoms with Gasteiger partial charge in [0.1, 0.15) is 0 Å². The van der Waals surface area contributed by atoms with Crippen LogP contribution in [-0.2, 0) is 0 Å². The summed E-state index contributed by atoms with van der Waals surface area (Å²) in [5.74, 6) is 0. The molecule has 0 aliphatic heterocycles. The predicted octanol–water partition coefficient (Wildman–Crippen LogP) is 3.69. The first-order valence-electron chi connectivity index (χ1n) is 7.61. The van der Waals surface area contributed by atoms with Crippen molar-refractivity contribution >= 4 is 0 Å². The zero-order valence-electron chi connectivity index (χ0n) is 13.3. The fraction of sp³-hybridized carbons (Fsp3) is 0.647. The van der Waals surface area contributed by atoms with Crippen molar-refractivity contribution < 1.29 is 0 Å².